The number of carbonyl (C=O) groups is 2. The van der Waals surface area contributed by atoms with Crippen LogP contribution in [0.2, 0.25) is 0 Å². The van der Waals surface area contributed by atoms with Gasteiger partial charge in [0.15, 0.2) is 18.1 Å². The van der Waals surface area contributed by atoms with Gasteiger partial charge in [0.1, 0.15) is 0 Å². The second-order valence-corrected chi connectivity index (χ2v) is 7.36. The lowest BCUT2D eigenvalue weighted by atomic mass is 10.1. The van der Waals surface area contributed by atoms with E-state index in [0.29, 0.717) is 12.4 Å². The monoisotopic (exact) mass is 450 g/mol. The van der Waals surface area contributed by atoms with Crippen LogP contribution >= 0.6 is 0 Å². The number of hydrogen-bond donors (Lipinski definition) is 1. The number of likely N-dealkylation sites (tertiary alicyclic amines) is 1. The molecule has 1 aliphatic rings. The summed E-state index contributed by atoms with van der Waals surface area (Å²) in [5.74, 6) is -0.122. The predicted molar refractivity (Wildman–Crippen MR) is 113 cm³/mol. The van der Waals surface area contributed by atoms with Crippen LogP contribution in [0.15, 0.2) is 42.5 Å². The van der Waals surface area contributed by atoms with Crippen molar-refractivity contribution in [1.82, 2.24) is 4.90 Å². The first-order chi connectivity index (χ1) is 15.3. The summed E-state index contributed by atoms with van der Waals surface area (Å²) < 4.78 is 49.8. The topological polar surface area (TPSA) is 67.9 Å². The number of nitrogens with one attached hydrogen (secondary N) is 1. The average Bonchev–Trinajstić information content (AvgIpc) is 2.78. The molecule has 3 rings (SSSR count). The number of piperidine rings is 1. The van der Waals surface area contributed by atoms with Crippen LogP contribution in [0.3, 0.4) is 0 Å². The molecule has 0 saturated carbocycles. The van der Waals surface area contributed by atoms with Crippen LogP contribution in [0.1, 0.15) is 42.1 Å². The highest BCUT2D eigenvalue weighted by Crippen LogP contribution is 2.32. The first-order valence-corrected chi connectivity index (χ1v) is 10.4. The van der Waals surface area contributed by atoms with E-state index in [9.17, 15) is 22.8 Å². The number of hydrogen-bond acceptors (Lipinski definition) is 4. The number of nitrogens with zero attached hydrogens (tertiary/aromatic N) is 1. The number of alkyl halides is 3. The lowest BCUT2D eigenvalue weighted by Crippen LogP contribution is -2.38. The van der Waals surface area contributed by atoms with Gasteiger partial charge in [-0.2, -0.15) is 13.2 Å². The summed E-state index contributed by atoms with van der Waals surface area (Å²) in [5, 5.41) is 2.46. The van der Waals surface area contributed by atoms with Crippen LogP contribution < -0.4 is 14.8 Å². The summed E-state index contributed by atoms with van der Waals surface area (Å²) in [4.78, 5) is 26.7. The fourth-order valence-electron chi connectivity index (χ4n) is 3.39. The average molecular weight is 450 g/mol. The van der Waals surface area contributed by atoms with E-state index in [4.69, 9.17) is 9.47 Å². The number of ether oxygens (including phenoxy) is 2. The van der Waals surface area contributed by atoms with Crippen LogP contribution in [0, 0.1) is 0 Å². The Labute approximate surface area is 184 Å². The second-order valence-electron chi connectivity index (χ2n) is 7.36. The van der Waals surface area contributed by atoms with Gasteiger partial charge in [0.2, 0.25) is 0 Å². The van der Waals surface area contributed by atoms with Crippen molar-refractivity contribution < 1.29 is 32.2 Å². The number of anilines is 1. The summed E-state index contributed by atoms with van der Waals surface area (Å²) in [6.45, 7) is 3.35. The number of benzene rings is 2. The van der Waals surface area contributed by atoms with E-state index in [1.54, 1.807) is 11.8 Å². The minimum Gasteiger partial charge on any atom is -0.490 e. The van der Waals surface area contributed by atoms with Crippen LogP contribution in [0.25, 0.3) is 0 Å². The second kappa shape index (κ2) is 10.4. The molecule has 1 saturated heterocycles. The van der Waals surface area contributed by atoms with Gasteiger partial charge in [-0.3, -0.25) is 9.59 Å². The molecule has 1 fully saturated rings. The molecule has 9 heteroatoms. The maximum absolute atomic E-state index is 12.9. The van der Waals surface area contributed by atoms with E-state index in [1.807, 2.05) is 0 Å². The summed E-state index contributed by atoms with van der Waals surface area (Å²) in [5.41, 5.74) is -0.650. The van der Waals surface area contributed by atoms with E-state index in [2.05, 4.69) is 5.32 Å². The van der Waals surface area contributed by atoms with E-state index < -0.39 is 17.6 Å². The lowest BCUT2D eigenvalue weighted by molar-refractivity contribution is -0.137. The Hall–Kier alpha value is -3.23. The molecule has 2 aromatic rings. The quantitative estimate of drug-likeness (QED) is 0.661. The lowest BCUT2D eigenvalue weighted by Gasteiger charge is -2.26. The Morgan fingerprint density at radius 3 is 2.44 bits per heavy atom. The molecule has 1 heterocycles. The molecule has 0 aromatic heterocycles. The molecule has 0 bridgehead atoms. The molecular weight excluding hydrogens is 425 g/mol. The van der Waals surface area contributed by atoms with E-state index in [-0.39, 0.29) is 29.5 Å². The number of carbonyl (C=O) groups excluding carboxylic acids is 2. The van der Waals surface area contributed by atoms with E-state index >= 15 is 0 Å². The molecule has 32 heavy (non-hydrogen) atoms. The SMILES string of the molecule is CCOc1cc(C(=O)Nc2cccc(C(F)(F)F)c2)ccc1OCC(=O)N1CCCCC1. The number of amides is 2. The molecule has 2 amide bonds. The van der Waals surface area contributed by atoms with Gasteiger partial charge in [0.05, 0.1) is 12.2 Å². The third kappa shape index (κ3) is 6.15. The third-order valence-electron chi connectivity index (χ3n) is 5.01. The molecule has 0 unspecified atom stereocenters. The van der Waals surface area contributed by atoms with Crippen LogP contribution in [-0.2, 0) is 11.0 Å². The van der Waals surface area contributed by atoms with Crippen molar-refractivity contribution >= 4 is 17.5 Å². The Bertz CT molecular complexity index is 956. The minimum atomic E-state index is -4.51. The molecule has 0 atom stereocenters. The highest BCUT2D eigenvalue weighted by atomic mass is 19.4. The fraction of sp³-hybridized carbons (Fsp3) is 0.391. The van der Waals surface area contributed by atoms with Crippen molar-refractivity contribution in [3.05, 3.63) is 53.6 Å². The molecule has 0 aliphatic carbocycles. The standard InChI is InChI=1S/C23H25F3N2O4/c1-2-31-20-13-16(22(30)27-18-8-6-7-17(14-18)23(24,25)26)9-10-19(20)32-15-21(29)28-11-4-3-5-12-28/h6-10,13-14H,2-5,11-12,15H2,1H3,(H,27,30). The van der Waals surface area contributed by atoms with Gasteiger partial charge >= 0.3 is 6.18 Å². The van der Waals surface area contributed by atoms with Gasteiger partial charge in [0, 0.05) is 24.3 Å². The maximum atomic E-state index is 12.9. The van der Waals surface area contributed by atoms with Gasteiger partial charge in [-0.25, -0.2) is 0 Å². The summed E-state index contributed by atoms with van der Waals surface area (Å²) in [6.07, 6.45) is -1.44. The summed E-state index contributed by atoms with van der Waals surface area (Å²) >= 11 is 0. The third-order valence-corrected chi connectivity index (χ3v) is 5.01. The van der Waals surface area contributed by atoms with E-state index in [1.165, 1.54) is 30.3 Å². The smallest absolute Gasteiger partial charge is 0.416 e. The maximum Gasteiger partial charge on any atom is 0.416 e. The van der Waals surface area contributed by atoms with Gasteiger partial charge in [-0.05, 0) is 62.6 Å². The zero-order chi connectivity index (χ0) is 23.1. The van der Waals surface area contributed by atoms with Crippen LogP contribution in [0.5, 0.6) is 11.5 Å². The zero-order valence-corrected chi connectivity index (χ0v) is 17.7. The fourth-order valence-corrected chi connectivity index (χ4v) is 3.39. The molecule has 1 aliphatic heterocycles. The minimum absolute atomic E-state index is 0.0234. The van der Waals surface area contributed by atoms with Crippen molar-refractivity contribution in [2.24, 2.45) is 0 Å². The Kier molecular flexibility index (Phi) is 7.61. The Balaban J connectivity index is 1.69. The number of halogens is 3. The van der Waals surface area contributed by atoms with Crippen molar-refractivity contribution in [1.29, 1.82) is 0 Å². The Morgan fingerprint density at radius 2 is 1.75 bits per heavy atom. The number of rotatable bonds is 7. The first-order valence-electron chi connectivity index (χ1n) is 10.4. The van der Waals surface area contributed by atoms with Crippen molar-refractivity contribution in [2.75, 3.05) is 31.6 Å². The molecule has 0 spiro atoms. The molecule has 0 radical (unpaired) electrons. The largest absolute Gasteiger partial charge is 0.490 e. The van der Waals surface area contributed by atoms with Gasteiger partial charge in [-0.1, -0.05) is 6.07 Å². The molecule has 1 N–H and O–H groups in total. The van der Waals surface area contributed by atoms with Crippen molar-refractivity contribution in [3.63, 3.8) is 0 Å². The van der Waals surface area contributed by atoms with Gasteiger partial charge in [0.25, 0.3) is 11.8 Å². The van der Waals surface area contributed by atoms with Gasteiger partial charge < -0.3 is 19.7 Å². The van der Waals surface area contributed by atoms with E-state index in [0.717, 1.165) is 44.5 Å². The molecule has 172 valence electrons. The highest BCUT2D eigenvalue weighted by molar-refractivity contribution is 6.04. The first kappa shape index (κ1) is 23.4. The summed E-state index contributed by atoms with van der Waals surface area (Å²) in [6, 6.07) is 8.81. The zero-order valence-electron chi connectivity index (χ0n) is 17.7. The molecule has 6 nitrogen and oxygen atoms in total. The normalized spacial score (nSPS) is 14.1. The van der Waals surface area contributed by atoms with Crippen molar-refractivity contribution in [2.45, 2.75) is 32.4 Å². The predicted octanol–water partition coefficient (Wildman–Crippen LogP) is 4.75. The molecule has 2 aromatic carbocycles. The van der Waals surface area contributed by atoms with Crippen LogP contribution in [0.4, 0.5) is 18.9 Å². The summed E-state index contributed by atoms with van der Waals surface area (Å²) in [7, 11) is 0. The van der Waals surface area contributed by atoms with Gasteiger partial charge in [-0.15, -0.1) is 0 Å². The Morgan fingerprint density at radius 1 is 1.00 bits per heavy atom. The molecular formula is C23H25F3N2O4. The highest BCUT2D eigenvalue weighted by Gasteiger charge is 2.30. The van der Waals surface area contributed by atoms with Crippen molar-refractivity contribution in [3.8, 4) is 11.5 Å². The van der Waals surface area contributed by atoms with Crippen LogP contribution in [-0.4, -0.2) is 43.0 Å².